The highest BCUT2D eigenvalue weighted by molar-refractivity contribution is 6.31. The first-order valence-corrected chi connectivity index (χ1v) is 11.4. The van der Waals surface area contributed by atoms with Gasteiger partial charge in [-0.1, -0.05) is 23.7 Å². The SMILES string of the molecule is COCc1nnc2c3ccc(Cl)cc3nc(N3CCN(C(=O)c4ccccc4OC)[C@H](C)C3)n12. The number of piperazine rings is 1. The van der Waals surface area contributed by atoms with Crippen molar-refractivity contribution < 1.29 is 14.3 Å². The number of aromatic nitrogens is 4. The van der Waals surface area contributed by atoms with Gasteiger partial charge in [0.15, 0.2) is 11.5 Å². The fraction of sp³-hybridized carbons (Fsp3) is 0.333. The summed E-state index contributed by atoms with van der Waals surface area (Å²) in [6.45, 7) is 4.08. The normalized spacial score (nSPS) is 16.4. The molecule has 0 N–H and O–H groups in total. The zero-order valence-electron chi connectivity index (χ0n) is 19.2. The number of para-hydroxylation sites is 1. The molecule has 9 nitrogen and oxygen atoms in total. The predicted molar refractivity (Wildman–Crippen MR) is 130 cm³/mol. The Labute approximate surface area is 201 Å². The molecule has 0 aliphatic carbocycles. The standard InChI is InChI=1S/C24H25ClN6O3/c1-15-13-29(10-11-30(15)23(32)18-6-4-5-7-20(18)34-3)24-26-19-12-16(25)8-9-17(19)22-28-27-21(14-33-2)31(22)24/h4-9,12,15H,10-11,13-14H2,1-3H3/t15-/m1/s1. The summed E-state index contributed by atoms with van der Waals surface area (Å²) in [4.78, 5) is 22.3. The van der Waals surface area contributed by atoms with E-state index < -0.39 is 0 Å². The van der Waals surface area contributed by atoms with E-state index in [1.807, 2.05) is 46.6 Å². The summed E-state index contributed by atoms with van der Waals surface area (Å²) >= 11 is 6.25. The molecule has 0 radical (unpaired) electrons. The van der Waals surface area contributed by atoms with Crippen molar-refractivity contribution in [3.63, 3.8) is 0 Å². The molecule has 10 heteroatoms. The minimum absolute atomic E-state index is 0.0441. The summed E-state index contributed by atoms with van der Waals surface area (Å²) in [7, 11) is 3.20. The number of methoxy groups -OCH3 is 2. The summed E-state index contributed by atoms with van der Waals surface area (Å²) in [5.41, 5.74) is 2.00. The average Bonchev–Trinajstić information content (AvgIpc) is 3.27. The van der Waals surface area contributed by atoms with Crippen LogP contribution in [0.4, 0.5) is 5.95 Å². The van der Waals surface area contributed by atoms with E-state index in [2.05, 4.69) is 15.1 Å². The molecule has 3 heterocycles. The Balaban J connectivity index is 1.51. The molecule has 4 aromatic rings. The smallest absolute Gasteiger partial charge is 0.257 e. The van der Waals surface area contributed by atoms with Crippen molar-refractivity contribution >= 4 is 40.0 Å². The monoisotopic (exact) mass is 480 g/mol. The molecule has 0 spiro atoms. The van der Waals surface area contributed by atoms with Crippen LogP contribution in [0.3, 0.4) is 0 Å². The number of rotatable bonds is 5. The van der Waals surface area contributed by atoms with Crippen molar-refractivity contribution in [1.29, 1.82) is 0 Å². The number of hydrogen-bond donors (Lipinski definition) is 0. The Kier molecular flexibility index (Phi) is 5.97. The Morgan fingerprint density at radius 2 is 1.97 bits per heavy atom. The van der Waals surface area contributed by atoms with Crippen molar-refractivity contribution in [2.24, 2.45) is 0 Å². The molecule has 176 valence electrons. The van der Waals surface area contributed by atoms with Crippen LogP contribution in [0.2, 0.25) is 5.02 Å². The summed E-state index contributed by atoms with van der Waals surface area (Å²) < 4.78 is 12.7. The molecule has 1 atom stereocenters. The minimum Gasteiger partial charge on any atom is -0.496 e. The number of hydrogen-bond acceptors (Lipinski definition) is 7. The first-order valence-electron chi connectivity index (χ1n) is 11.0. The third kappa shape index (κ3) is 3.80. The largest absolute Gasteiger partial charge is 0.496 e. The van der Waals surface area contributed by atoms with Gasteiger partial charge in [0.25, 0.3) is 5.91 Å². The maximum atomic E-state index is 13.3. The topological polar surface area (TPSA) is 85.1 Å². The Bertz CT molecular complexity index is 1370. The van der Waals surface area contributed by atoms with Crippen molar-refractivity contribution in [2.75, 3.05) is 38.8 Å². The average molecular weight is 481 g/mol. The zero-order chi connectivity index (χ0) is 23.8. The van der Waals surface area contributed by atoms with Gasteiger partial charge in [-0.05, 0) is 37.3 Å². The number of benzene rings is 2. The second-order valence-corrected chi connectivity index (χ2v) is 8.71. The number of amides is 1. The fourth-order valence-electron chi connectivity index (χ4n) is 4.50. The maximum Gasteiger partial charge on any atom is 0.257 e. The molecular weight excluding hydrogens is 456 g/mol. The lowest BCUT2D eigenvalue weighted by Crippen LogP contribution is -2.54. The fourth-order valence-corrected chi connectivity index (χ4v) is 4.66. The number of anilines is 1. The molecule has 2 aromatic carbocycles. The van der Waals surface area contributed by atoms with Gasteiger partial charge in [-0.15, -0.1) is 10.2 Å². The molecule has 34 heavy (non-hydrogen) atoms. The highest BCUT2D eigenvalue weighted by atomic mass is 35.5. The van der Waals surface area contributed by atoms with E-state index in [1.54, 1.807) is 26.4 Å². The van der Waals surface area contributed by atoms with Gasteiger partial charge in [-0.25, -0.2) is 9.38 Å². The van der Waals surface area contributed by atoms with E-state index in [4.69, 9.17) is 26.1 Å². The Morgan fingerprint density at radius 1 is 1.15 bits per heavy atom. The molecule has 1 fully saturated rings. The lowest BCUT2D eigenvalue weighted by atomic mass is 10.1. The van der Waals surface area contributed by atoms with E-state index in [0.717, 1.165) is 10.9 Å². The van der Waals surface area contributed by atoms with Crippen molar-refractivity contribution in [3.8, 4) is 5.75 Å². The molecule has 0 saturated carbocycles. The number of nitrogens with zero attached hydrogens (tertiary/aromatic N) is 6. The van der Waals surface area contributed by atoms with Crippen LogP contribution in [0.5, 0.6) is 5.75 Å². The van der Waals surface area contributed by atoms with Crippen molar-refractivity contribution in [3.05, 3.63) is 58.9 Å². The second kappa shape index (κ2) is 9.08. The molecule has 1 saturated heterocycles. The predicted octanol–water partition coefficient (Wildman–Crippen LogP) is 3.44. The van der Waals surface area contributed by atoms with Gasteiger partial charge in [0, 0.05) is 43.2 Å². The summed E-state index contributed by atoms with van der Waals surface area (Å²) in [6.07, 6.45) is 0. The van der Waals surface area contributed by atoms with Crippen LogP contribution in [0.25, 0.3) is 16.6 Å². The third-order valence-electron chi connectivity index (χ3n) is 6.13. The van der Waals surface area contributed by atoms with Gasteiger partial charge in [-0.3, -0.25) is 4.79 Å². The van der Waals surface area contributed by atoms with Crippen LogP contribution in [0.1, 0.15) is 23.1 Å². The minimum atomic E-state index is -0.0552. The van der Waals surface area contributed by atoms with E-state index in [1.165, 1.54) is 0 Å². The van der Waals surface area contributed by atoms with Crippen LogP contribution in [0, 0.1) is 0 Å². The number of halogens is 1. The van der Waals surface area contributed by atoms with Crippen LogP contribution in [-0.2, 0) is 11.3 Å². The molecule has 1 aliphatic heterocycles. The van der Waals surface area contributed by atoms with Crippen LogP contribution in [0.15, 0.2) is 42.5 Å². The molecule has 0 unspecified atom stereocenters. The number of carbonyl (C=O) groups excluding carboxylic acids is 1. The third-order valence-corrected chi connectivity index (χ3v) is 6.37. The summed E-state index contributed by atoms with van der Waals surface area (Å²) in [6, 6.07) is 12.8. The highest BCUT2D eigenvalue weighted by Gasteiger charge is 2.31. The first-order chi connectivity index (χ1) is 16.5. The number of ether oxygens (including phenoxy) is 2. The summed E-state index contributed by atoms with van der Waals surface area (Å²) in [5.74, 6) is 1.90. The summed E-state index contributed by atoms with van der Waals surface area (Å²) in [5, 5.41) is 10.2. The van der Waals surface area contributed by atoms with Gasteiger partial charge in [0.05, 0.1) is 18.2 Å². The van der Waals surface area contributed by atoms with Crippen molar-refractivity contribution in [1.82, 2.24) is 24.5 Å². The van der Waals surface area contributed by atoms with Crippen LogP contribution >= 0.6 is 11.6 Å². The van der Waals surface area contributed by atoms with Gasteiger partial charge >= 0.3 is 0 Å². The highest BCUT2D eigenvalue weighted by Crippen LogP contribution is 2.29. The first kappa shape index (κ1) is 22.4. The van der Waals surface area contributed by atoms with Crippen LogP contribution in [-0.4, -0.2) is 70.3 Å². The van der Waals surface area contributed by atoms with E-state index >= 15 is 0 Å². The van der Waals surface area contributed by atoms with E-state index in [9.17, 15) is 4.79 Å². The Morgan fingerprint density at radius 3 is 2.74 bits per heavy atom. The van der Waals surface area contributed by atoms with Crippen molar-refractivity contribution in [2.45, 2.75) is 19.6 Å². The van der Waals surface area contributed by atoms with Gasteiger partial charge in [-0.2, -0.15) is 0 Å². The van der Waals surface area contributed by atoms with Gasteiger partial charge in [0.2, 0.25) is 5.95 Å². The molecular formula is C24H25ClN6O3. The lowest BCUT2D eigenvalue weighted by Gasteiger charge is -2.40. The molecule has 1 amide bonds. The second-order valence-electron chi connectivity index (χ2n) is 8.28. The molecule has 2 aromatic heterocycles. The maximum absolute atomic E-state index is 13.3. The van der Waals surface area contributed by atoms with E-state index in [-0.39, 0.29) is 11.9 Å². The molecule has 5 rings (SSSR count). The quantitative estimate of drug-likeness (QED) is 0.432. The lowest BCUT2D eigenvalue weighted by molar-refractivity contribution is 0.0669. The number of carbonyl (C=O) groups is 1. The van der Waals surface area contributed by atoms with Gasteiger partial charge in [0.1, 0.15) is 12.4 Å². The number of fused-ring (bicyclic) bond motifs is 3. The molecule has 0 bridgehead atoms. The van der Waals surface area contributed by atoms with E-state index in [0.29, 0.717) is 60.0 Å². The van der Waals surface area contributed by atoms with Gasteiger partial charge < -0.3 is 19.3 Å². The van der Waals surface area contributed by atoms with Crippen LogP contribution < -0.4 is 9.64 Å². The molecule has 1 aliphatic rings. The Hall–Kier alpha value is -3.43. The zero-order valence-corrected chi connectivity index (χ0v) is 20.0.